The van der Waals surface area contributed by atoms with E-state index >= 15 is 0 Å². The minimum Gasteiger partial charge on any atom is -0.490 e. The van der Waals surface area contributed by atoms with Crippen LogP contribution in [-0.4, -0.2) is 30.0 Å². The molecule has 1 N–H and O–H groups in total. The van der Waals surface area contributed by atoms with Crippen molar-refractivity contribution in [3.8, 4) is 5.75 Å². The van der Waals surface area contributed by atoms with E-state index in [1.165, 1.54) is 12.8 Å². The van der Waals surface area contributed by atoms with Crippen molar-refractivity contribution in [3.63, 3.8) is 0 Å². The van der Waals surface area contributed by atoms with Crippen LogP contribution in [0.1, 0.15) is 44.1 Å². The molecule has 0 atom stereocenters. The summed E-state index contributed by atoms with van der Waals surface area (Å²) in [7, 11) is 0. The summed E-state index contributed by atoms with van der Waals surface area (Å²) >= 11 is 12.3. The Morgan fingerprint density at radius 2 is 1.70 bits per heavy atom. The number of hydrogen-bond acceptors (Lipinski definition) is 3. The molecule has 1 saturated carbocycles. The second-order valence-corrected chi connectivity index (χ2v) is 9.17. The molecule has 1 amide bonds. The van der Waals surface area contributed by atoms with E-state index in [0.717, 1.165) is 62.3 Å². The van der Waals surface area contributed by atoms with Crippen molar-refractivity contribution < 1.29 is 9.53 Å². The molecule has 30 heavy (non-hydrogen) atoms. The Kier molecular flexibility index (Phi) is 7.19. The normalized spacial score (nSPS) is 18.5. The van der Waals surface area contributed by atoms with Gasteiger partial charge in [-0.25, -0.2) is 0 Å². The largest absolute Gasteiger partial charge is 0.490 e. The molecule has 1 aliphatic carbocycles. The highest BCUT2D eigenvalue weighted by Crippen LogP contribution is 2.27. The SMILES string of the molecule is O=C(Nc1ccc(OC2CCCC2)cc1)C1CCN(Cc2ccc(Cl)cc2Cl)CC1. The lowest BCUT2D eigenvalue weighted by molar-refractivity contribution is -0.121. The number of carbonyl (C=O) groups is 1. The number of piperidine rings is 1. The zero-order valence-corrected chi connectivity index (χ0v) is 18.6. The second-order valence-electron chi connectivity index (χ2n) is 8.32. The summed E-state index contributed by atoms with van der Waals surface area (Å²) in [6.07, 6.45) is 6.83. The van der Waals surface area contributed by atoms with Gasteiger partial charge in [0.2, 0.25) is 5.91 Å². The molecule has 1 aliphatic heterocycles. The fourth-order valence-electron chi connectivity index (χ4n) is 4.30. The number of benzene rings is 2. The molecule has 0 spiro atoms. The maximum atomic E-state index is 12.7. The first kappa shape index (κ1) is 21.5. The molecule has 4 nitrogen and oxygen atoms in total. The summed E-state index contributed by atoms with van der Waals surface area (Å²) in [6.45, 7) is 2.54. The van der Waals surface area contributed by atoms with Crippen molar-refractivity contribution in [1.29, 1.82) is 0 Å². The first-order valence-electron chi connectivity index (χ1n) is 10.8. The Morgan fingerprint density at radius 1 is 1.00 bits per heavy atom. The van der Waals surface area contributed by atoms with E-state index < -0.39 is 0 Å². The van der Waals surface area contributed by atoms with E-state index in [2.05, 4.69) is 10.2 Å². The van der Waals surface area contributed by atoms with Crippen molar-refractivity contribution in [2.24, 2.45) is 5.92 Å². The Hall–Kier alpha value is -1.75. The number of amides is 1. The van der Waals surface area contributed by atoms with Crippen molar-refractivity contribution in [3.05, 3.63) is 58.1 Å². The van der Waals surface area contributed by atoms with Gasteiger partial charge in [-0.1, -0.05) is 29.3 Å². The molecular weight excluding hydrogens is 419 g/mol. The molecule has 0 bridgehead atoms. The molecule has 160 valence electrons. The predicted octanol–water partition coefficient (Wildman–Crippen LogP) is 6.17. The van der Waals surface area contributed by atoms with Gasteiger partial charge in [0.25, 0.3) is 0 Å². The Morgan fingerprint density at radius 3 is 2.37 bits per heavy atom. The lowest BCUT2D eigenvalue weighted by atomic mass is 9.95. The number of rotatable bonds is 6. The molecule has 2 aliphatic rings. The van der Waals surface area contributed by atoms with Gasteiger partial charge in [0.1, 0.15) is 5.75 Å². The number of ether oxygens (including phenoxy) is 1. The molecule has 2 aromatic carbocycles. The van der Waals surface area contributed by atoms with Gasteiger partial charge in [-0.3, -0.25) is 9.69 Å². The van der Waals surface area contributed by atoms with E-state index in [1.54, 1.807) is 6.07 Å². The van der Waals surface area contributed by atoms with Crippen molar-refractivity contribution in [1.82, 2.24) is 4.90 Å². The van der Waals surface area contributed by atoms with Crippen LogP contribution in [0.2, 0.25) is 10.0 Å². The fraction of sp³-hybridized carbons (Fsp3) is 0.458. The zero-order valence-electron chi connectivity index (χ0n) is 17.1. The van der Waals surface area contributed by atoms with Gasteiger partial charge in [0.15, 0.2) is 0 Å². The molecule has 1 saturated heterocycles. The van der Waals surface area contributed by atoms with Crippen LogP contribution < -0.4 is 10.1 Å². The lowest BCUT2D eigenvalue weighted by Gasteiger charge is -2.31. The fourth-order valence-corrected chi connectivity index (χ4v) is 4.77. The van der Waals surface area contributed by atoms with E-state index in [9.17, 15) is 4.79 Å². The summed E-state index contributed by atoms with van der Waals surface area (Å²) in [5.74, 6) is 1.02. The van der Waals surface area contributed by atoms with Crippen LogP contribution in [0.5, 0.6) is 5.75 Å². The van der Waals surface area contributed by atoms with Gasteiger partial charge in [-0.15, -0.1) is 0 Å². The monoisotopic (exact) mass is 446 g/mol. The highest BCUT2D eigenvalue weighted by molar-refractivity contribution is 6.35. The Bertz CT molecular complexity index is 858. The van der Waals surface area contributed by atoms with E-state index in [1.807, 2.05) is 36.4 Å². The minimum absolute atomic E-state index is 0.0383. The van der Waals surface area contributed by atoms with Crippen LogP contribution in [0.15, 0.2) is 42.5 Å². The van der Waals surface area contributed by atoms with E-state index in [0.29, 0.717) is 16.1 Å². The van der Waals surface area contributed by atoms with Crippen LogP contribution in [0.4, 0.5) is 5.69 Å². The third-order valence-corrected chi connectivity index (χ3v) is 6.68. The summed E-state index contributed by atoms with van der Waals surface area (Å²) in [6, 6.07) is 13.4. The van der Waals surface area contributed by atoms with Gasteiger partial charge < -0.3 is 10.1 Å². The Labute approximate surface area is 188 Å². The number of hydrogen-bond donors (Lipinski definition) is 1. The van der Waals surface area contributed by atoms with Crippen LogP contribution in [0.3, 0.4) is 0 Å². The number of halogens is 2. The van der Waals surface area contributed by atoms with Gasteiger partial charge in [0, 0.05) is 28.2 Å². The smallest absolute Gasteiger partial charge is 0.227 e. The van der Waals surface area contributed by atoms with Crippen LogP contribution in [0, 0.1) is 5.92 Å². The molecule has 2 aromatic rings. The minimum atomic E-state index is 0.0383. The van der Waals surface area contributed by atoms with Gasteiger partial charge in [0.05, 0.1) is 6.10 Å². The van der Waals surface area contributed by atoms with E-state index in [-0.39, 0.29) is 11.8 Å². The van der Waals surface area contributed by atoms with Gasteiger partial charge in [-0.2, -0.15) is 0 Å². The number of nitrogens with zero attached hydrogens (tertiary/aromatic N) is 1. The van der Waals surface area contributed by atoms with Gasteiger partial charge in [-0.05, 0) is 93.6 Å². The van der Waals surface area contributed by atoms with Gasteiger partial charge >= 0.3 is 0 Å². The molecule has 2 fully saturated rings. The average Bonchev–Trinajstić information content (AvgIpc) is 3.25. The maximum Gasteiger partial charge on any atom is 0.227 e. The van der Waals surface area contributed by atoms with Crippen LogP contribution in [0.25, 0.3) is 0 Å². The molecule has 0 radical (unpaired) electrons. The van der Waals surface area contributed by atoms with E-state index in [4.69, 9.17) is 27.9 Å². The quantitative estimate of drug-likeness (QED) is 0.576. The molecule has 0 unspecified atom stereocenters. The molecule has 6 heteroatoms. The highest BCUT2D eigenvalue weighted by atomic mass is 35.5. The third-order valence-electron chi connectivity index (χ3n) is 6.09. The molecule has 4 rings (SSSR count). The first-order chi connectivity index (χ1) is 14.6. The number of likely N-dealkylation sites (tertiary alicyclic amines) is 1. The van der Waals surface area contributed by atoms with Crippen LogP contribution in [-0.2, 0) is 11.3 Å². The topological polar surface area (TPSA) is 41.6 Å². The maximum absolute atomic E-state index is 12.7. The second kappa shape index (κ2) is 10.0. The summed E-state index contributed by atoms with van der Waals surface area (Å²) < 4.78 is 5.99. The number of anilines is 1. The predicted molar refractivity (Wildman–Crippen MR) is 122 cm³/mol. The lowest BCUT2D eigenvalue weighted by Crippen LogP contribution is -2.37. The first-order valence-corrected chi connectivity index (χ1v) is 11.6. The number of nitrogens with one attached hydrogen (secondary N) is 1. The summed E-state index contributed by atoms with van der Waals surface area (Å²) in [4.78, 5) is 15.0. The molecule has 1 heterocycles. The van der Waals surface area contributed by atoms with Crippen molar-refractivity contribution >= 4 is 34.8 Å². The van der Waals surface area contributed by atoms with Crippen LogP contribution >= 0.6 is 23.2 Å². The Balaban J connectivity index is 1.24. The molecule has 0 aromatic heterocycles. The van der Waals surface area contributed by atoms with Crippen molar-refractivity contribution in [2.45, 2.75) is 51.2 Å². The summed E-state index contributed by atoms with van der Waals surface area (Å²) in [5, 5.41) is 4.41. The third kappa shape index (κ3) is 5.69. The summed E-state index contributed by atoms with van der Waals surface area (Å²) in [5.41, 5.74) is 1.90. The average molecular weight is 447 g/mol. The standard InChI is InChI=1S/C24H28Cl2N2O2/c25-19-6-5-18(23(26)15-19)16-28-13-11-17(12-14-28)24(29)27-20-7-9-22(10-8-20)30-21-3-1-2-4-21/h5-10,15,17,21H,1-4,11-14,16H2,(H,27,29). The zero-order chi connectivity index (χ0) is 20.9. The highest BCUT2D eigenvalue weighted by Gasteiger charge is 2.25. The number of carbonyl (C=O) groups excluding carboxylic acids is 1. The molecular formula is C24H28Cl2N2O2. The van der Waals surface area contributed by atoms with Crippen molar-refractivity contribution in [2.75, 3.05) is 18.4 Å².